The number of aromatic nitrogens is 3. The summed E-state index contributed by atoms with van der Waals surface area (Å²) >= 11 is 9.89. The number of primary amides is 1. The summed E-state index contributed by atoms with van der Waals surface area (Å²) in [4.78, 5) is 42.8. The molecule has 2 aromatic heterocycles. The Morgan fingerprint density at radius 3 is 2.71 bits per heavy atom. The number of alkyl halides is 1. The van der Waals surface area contributed by atoms with Gasteiger partial charge in [0.1, 0.15) is 18.8 Å². The molecular formula is C29H22BrClF2N6O3. The third kappa shape index (κ3) is 4.90. The van der Waals surface area contributed by atoms with Gasteiger partial charge in [-0.1, -0.05) is 45.7 Å². The van der Waals surface area contributed by atoms with Crippen LogP contribution in [0.1, 0.15) is 16.9 Å². The minimum Gasteiger partial charge on any atom is -0.364 e. The molecular weight excluding hydrogens is 634 g/mol. The largest absolute Gasteiger partial charge is 0.364 e. The van der Waals surface area contributed by atoms with E-state index in [1.807, 2.05) is 0 Å². The van der Waals surface area contributed by atoms with Gasteiger partial charge >= 0.3 is 0 Å². The van der Waals surface area contributed by atoms with E-state index in [1.165, 1.54) is 10.7 Å². The number of hydrogen-bond acceptors (Lipinski definition) is 4. The number of fused-ring (bicyclic) bond motifs is 2. The van der Waals surface area contributed by atoms with Crippen LogP contribution in [0.15, 0.2) is 65.3 Å². The number of likely N-dealkylation sites (tertiary alicyclic amines) is 1. The van der Waals surface area contributed by atoms with Crippen molar-refractivity contribution in [3.63, 3.8) is 0 Å². The van der Waals surface area contributed by atoms with Gasteiger partial charge in [-0.05, 0) is 36.4 Å². The molecule has 9 nitrogen and oxygen atoms in total. The second kappa shape index (κ2) is 10.8. The highest BCUT2D eigenvalue weighted by Crippen LogP contribution is 2.37. The maximum atomic E-state index is 15.7. The Hall–Kier alpha value is -4.29. The van der Waals surface area contributed by atoms with Gasteiger partial charge in [0.2, 0.25) is 11.8 Å². The van der Waals surface area contributed by atoms with E-state index in [2.05, 4.69) is 31.3 Å². The lowest BCUT2D eigenvalue weighted by Crippen LogP contribution is -2.44. The number of carbonyl (C=O) groups is 3. The van der Waals surface area contributed by atoms with Crippen molar-refractivity contribution in [1.82, 2.24) is 19.7 Å². The number of H-pyrrole nitrogens is 1. The van der Waals surface area contributed by atoms with Crippen LogP contribution in [0.5, 0.6) is 0 Å². The van der Waals surface area contributed by atoms with Crippen LogP contribution in [0.4, 0.5) is 14.5 Å². The van der Waals surface area contributed by atoms with Gasteiger partial charge in [-0.2, -0.15) is 5.10 Å². The summed E-state index contributed by atoms with van der Waals surface area (Å²) in [7, 11) is 0. The molecule has 0 unspecified atom stereocenters. The smallest absolute Gasteiger partial charge is 0.269 e. The van der Waals surface area contributed by atoms with E-state index in [0.717, 1.165) is 15.8 Å². The molecule has 2 atom stereocenters. The Morgan fingerprint density at radius 2 is 1.93 bits per heavy atom. The number of amides is 3. The maximum absolute atomic E-state index is 15.7. The molecule has 0 bridgehead atoms. The number of nitrogens with one attached hydrogen (secondary N) is 2. The number of halogens is 4. The molecule has 0 radical (unpaired) electrons. The normalized spacial score (nSPS) is 16.8. The SMILES string of the molecule is NC(=O)c1nn(CC(=O)N2C[C@H](F)C[C@H]2C(=O)Nc2cccc(-c3ccc4[nH]ccc4c3Cl)c2F)c2ccc(Br)cc12. The molecule has 0 aliphatic carbocycles. The molecule has 4 N–H and O–H groups in total. The predicted octanol–water partition coefficient (Wildman–Crippen LogP) is 5.42. The van der Waals surface area contributed by atoms with Gasteiger partial charge in [0.25, 0.3) is 5.91 Å². The molecule has 3 amide bonds. The molecule has 1 aliphatic heterocycles. The zero-order valence-electron chi connectivity index (χ0n) is 21.7. The van der Waals surface area contributed by atoms with Gasteiger partial charge in [0, 0.05) is 44.5 Å². The van der Waals surface area contributed by atoms with Crippen LogP contribution in [0.3, 0.4) is 0 Å². The second-order valence-corrected chi connectivity index (χ2v) is 11.2. The number of carbonyl (C=O) groups excluding carboxylic acids is 3. The summed E-state index contributed by atoms with van der Waals surface area (Å²) < 4.78 is 32.2. The molecule has 5 aromatic rings. The molecule has 1 aliphatic rings. The van der Waals surface area contributed by atoms with Gasteiger partial charge in [-0.3, -0.25) is 19.1 Å². The van der Waals surface area contributed by atoms with Crippen molar-refractivity contribution in [2.24, 2.45) is 5.73 Å². The van der Waals surface area contributed by atoms with Crippen molar-refractivity contribution in [2.75, 3.05) is 11.9 Å². The summed E-state index contributed by atoms with van der Waals surface area (Å²) in [6, 6.07) is 13.6. The van der Waals surface area contributed by atoms with Crippen molar-refractivity contribution >= 4 is 72.7 Å². The van der Waals surface area contributed by atoms with Gasteiger partial charge in [0.15, 0.2) is 11.5 Å². The zero-order valence-corrected chi connectivity index (χ0v) is 24.0. The number of hydrogen-bond donors (Lipinski definition) is 3. The molecule has 0 spiro atoms. The Labute approximate surface area is 250 Å². The quantitative estimate of drug-likeness (QED) is 0.226. The van der Waals surface area contributed by atoms with Gasteiger partial charge in [-0.25, -0.2) is 8.78 Å². The van der Waals surface area contributed by atoms with Gasteiger partial charge < -0.3 is 20.9 Å². The Morgan fingerprint density at radius 1 is 1.12 bits per heavy atom. The molecule has 214 valence electrons. The van der Waals surface area contributed by atoms with Gasteiger partial charge in [0.05, 0.1) is 22.8 Å². The topological polar surface area (TPSA) is 126 Å². The van der Waals surface area contributed by atoms with E-state index in [4.69, 9.17) is 17.3 Å². The summed E-state index contributed by atoms with van der Waals surface area (Å²) in [5, 5.41) is 8.22. The third-order valence-corrected chi connectivity index (χ3v) is 8.22. The van der Waals surface area contributed by atoms with Crippen LogP contribution in [0.2, 0.25) is 5.02 Å². The number of aromatic amines is 1. The second-order valence-electron chi connectivity index (χ2n) is 9.95. The van der Waals surface area contributed by atoms with Crippen LogP contribution in [0, 0.1) is 5.82 Å². The van der Waals surface area contributed by atoms with Crippen molar-refractivity contribution in [3.8, 4) is 11.1 Å². The molecule has 6 rings (SSSR count). The van der Waals surface area contributed by atoms with Crippen molar-refractivity contribution in [2.45, 2.75) is 25.2 Å². The van der Waals surface area contributed by atoms with E-state index in [9.17, 15) is 18.8 Å². The van der Waals surface area contributed by atoms with E-state index in [1.54, 1.807) is 54.7 Å². The molecule has 0 saturated carbocycles. The average molecular weight is 656 g/mol. The molecule has 1 fully saturated rings. The third-order valence-electron chi connectivity index (χ3n) is 7.32. The Kier molecular flexibility index (Phi) is 7.19. The number of anilines is 1. The molecule has 42 heavy (non-hydrogen) atoms. The minimum atomic E-state index is -1.46. The molecule has 3 aromatic carbocycles. The van der Waals surface area contributed by atoms with Crippen LogP contribution in [-0.4, -0.2) is 56.1 Å². The van der Waals surface area contributed by atoms with Crippen LogP contribution in [-0.2, 0) is 16.1 Å². The fourth-order valence-electron chi connectivity index (χ4n) is 5.34. The predicted molar refractivity (Wildman–Crippen MR) is 158 cm³/mol. The zero-order chi connectivity index (χ0) is 29.7. The number of rotatable bonds is 6. The summed E-state index contributed by atoms with van der Waals surface area (Å²) in [6.45, 7) is -0.689. The van der Waals surface area contributed by atoms with Crippen LogP contribution < -0.4 is 11.1 Å². The van der Waals surface area contributed by atoms with Crippen LogP contribution in [0.25, 0.3) is 32.9 Å². The fourth-order valence-corrected chi connectivity index (χ4v) is 6.03. The molecule has 13 heteroatoms. The number of nitrogens with two attached hydrogens (primary N) is 1. The lowest BCUT2D eigenvalue weighted by Gasteiger charge is -2.24. The Bertz CT molecular complexity index is 1910. The maximum Gasteiger partial charge on any atom is 0.269 e. The highest BCUT2D eigenvalue weighted by molar-refractivity contribution is 9.10. The number of nitrogens with zero attached hydrogens (tertiary/aromatic N) is 3. The lowest BCUT2D eigenvalue weighted by molar-refractivity contribution is -0.137. The van der Waals surface area contributed by atoms with E-state index >= 15 is 4.39 Å². The highest BCUT2D eigenvalue weighted by atomic mass is 79.9. The first kappa shape index (κ1) is 27.9. The van der Waals surface area contributed by atoms with E-state index in [0.29, 0.717) is 26.0 Å². The van der Waals surface area contributed by atoms with Crippen molar-refractivity contribution in [1.29, 1.82) is 0 Å². The lowest BCUT2D eigenvalue weighted by atomic mass is 10.0. The first-order valence-electron chi connectivity index (χ1n) is 12.9. The standard InChI is InChI=1S/C29H22BrClF2N6O3/c30-14-4-7-22-19(10-14)27(28(34)41)37-39(22)13-24(40)38-12-15(32)11-23(38)29(42)36-21-3-1-2-17(26(21)33)16-5-6-20-18(25(16)31)8-9-35-20/h1-10,15,23,35H,11-13H2,(H2,34,41)(H,36,42)/t15-,23+/m1/s1. The van der Waals surface area contributed by atoms with Crippen LogP contribution >= 0.6 is 27.5 Å². The molecule has 1 saturated heterocycles. The van der Waals surface area contributed by atoms with Crippen molar-refractivity contribution < 1.29 is 23.2 Å². The van der Waals surface area contributed by atoms with Gasteiger partial charge in [-0.15, -0.1) is 0 Å². The van der Waals surface area contributed by atoms with E-state index in [-0.39, 0.29) is 36.5 Å². The summed E-state index contributed by atoms with van der Waals surface area (Å²) in [6.07, 6.45) is 0.0121. The Balaban J connectivity index is 1.25. The van der Waals surface area contributed by atoms with E-state index < -0.39 is 35.8 Å². The fraction of sp³-hybridized carbons (Fsp3) is 0.172. The highest BCUT2D eigenvalue weighted by Gasteiger charge is 2.40. The first-order valence-corrected chi connectivity index (χ1v) is 14.0. The molecule has 3 heterocycles. The van der Waals surface area contributed by atoms with Crippen molar-refractivity contribution in [3.05, 3.63) is 81.8 Å². The monoisotopic (exact) mass is 654 g/mol. The minimum absolute atomic E-state index is 0.0238. The first-order chi connectivity index (χ1) is 20.1. The number of benzene rings is 3. The summed E-state index contributed by atoms with van der Waals surface area (Å²) in [5.41, 5.74) is 7.18. The summed E-state index contributed by atoms with van der Waals surface area (Å²) in [5.74, 6) is -2.83. The average Bonchev–Trinajstić information content (AvgIpc) is 3.68.